The van der Waals surface area contributed by atoms with Crippen molar-refractivity contribution in [3.05, 3.63) is 29.8 Å². The highest BCUT2D eigenvalue weighted by molar-refractivity contribution is 5.71. The fraction of sp³-hybridized carbons (Fsp3) is 0.500. The van der Waals surface area contributed by atoms with Crippen molar-refractivity contribution in [2.24, 2.45) is 5.92 Å². The van der Waals surface area contributed by atoms with Gasteiger partial charge in [0.2, 0.25) is 0 Å². The molecule has 0 amide bonds. The zero-order valence-corrected chi connectivity index (χ0v) is 10.4. The Kier molecular flexibility index (Phi) is 3.57. The van der Waals surface area contributed by atoms with E-state index in [2.05, 4.69) is 0 Å². The van der Waals surface area contributed by atoms with E-state index in [4.69, 9.17) is 9.84 Å². The van der Waals surface area contributed by atoms with Gasteiger partial charge in [-0.25, -0.2) is 0 Å². The number of hydrogen-bond acceptors (Lipinski definition) is 3. The summed E-state index contributed by atoms with van der Waals surface area (Å²) in [4.78, 5) is 10.7. The second-order valence-electron chi connectivity index (χ2n) is 5.02. The molecular formula is C14H18O4. The molecule has 0 aliphatic heterocycles. The molecule has 0 spiro atoms. The van der Waals surface area contributed by atoms with E-state index in [1.165, 1.54) is 0 Å². The van der Waals surface area contributed by atoms with Gasteiger partial charge in [-0.3, -0.25) is 4.79 Å². The first kappa shape index (κ1) is 12.9. The summed E-state index contributed by atoms with van der Waals surface area (Å²) in [7, 11) is 1.62. The van der Waals surface area contributed by atoms with Crippen LogP contribution in [0.25, 0.3) is 0 Å². The van der Waals surface area contributed by atoms with Gasteiger partial charge in [0.05, 0.1) is 18.6 Å². The quantitative estimate of drug-likeness (QED) is 0.837. The van der Waals surface area contributed by atoms with Crippen LogP contribution in [0.3, 0.4) is 0 Å². The molecule has 1 aromatic rings. The molecule has 2 N–H and O–H groups in total. The molecule has 0 radical (unpaired) electrons. The third-order valence-corrected chi connectivity index (χ3v) is 3.64. The maximum atomic E-state index is 10.7. The molecule has 1 aliphatic carbocycles. The van der Waals surface area contributed by atoms with Gasteiger partial charge < -0.3 is 14.9 Å². The number of aliphatic hydroxyl groups is 1. The van der Waals surface area contributed by atoms with Crippen molar-refractivity contribution in [3.63, 3.8) is 0 Å². The van der Waals surface area contributed by atoms with Crippen molar-refractivity contribution in [1.29, 1.82) is 0 Å². The first-order valence-electron chi connectivity index (χ1n) is 6.10. The van der Waals surface area contributed by atoms with Crippen LogP contribution in [0.2, 0.25) is 0 Å². The number of aryl methyl sites for hydroxylation is 1. The first-order chi connectivity index (χ1) is 8.52. The molecule has 18 heavy (non-hydrogen) atoms. The molecule has 0 heterocycles. The molecule has 1 aliphatic rings. The predicted molar refractivity (Wildman–Crippen MR) is 66.6 cm³/mol. The number of rotatable bonds is 5. The van der Waals surface area contributed by atoms with E-state index in [-0.39, 0.29) is 5.92 Å². The number of methoxy groups -OCH3 is 1. The van der Waals surface area contributed by atoms with Gasteiger partial charge in [0, 0.05) is 0 Å². The van der Waals surface area contributed by atoms with Crippen LogP contribution in [0.15, 0.2) is 24.3 Å². The number of carbonyl (C=O) groups is 1. The summed E-state index contributed by atoms with van der Waals surface area (Å²) in [6, 6.07) is 7.71. The van der Waals surface area contributed by atoms with Crippen LogP contribution in [0.4, 0.5) is 0 Å². The summed E-state index contributed by atoms with van der Waals surface area (Å²) in [5.41, 5.74) is 0.339. The van der Waals surface area contributed by atoms with E-state index in [0.717, 1.165) is 17.7 Å². The highest BCUT2D eigenvalue weighted by Gasteiger charge is 2.45. The molecular weight excluding hydrogens is 232 g/mol. The van der Waals surface area contributed by atoms with E-state index >= 15 is 0 Å². The van der Waals surface area contributed by atoms with Crippen LogP contribution in [-0.2, 0) is 11.2 Å². The molecule has 0 atom stereocenters. The van der Waals surface area contributed by atoms with Crippen molar-refractivity contribution in [1.82, 2.24) is 0 Å². The topological polar surface area (TPSA) is 66.8 Å². The highest BCUT2D eigenvalue weighted by atomic mass is 16.5. The Labute approximate surface area is 106 Å². The van der Waals surface area contributed by atoms with Crippen LogP contribution in [-0.4, -0.2) is 28.9 Å². The summed E-state index contributed by atoms with van der Waals surface area (Å²) in [6.07, 6.45) is 2.12. The number of carboxylic acid groups (broad SMARTS) is 1. The lowest BCUT2D eigenvalue weighted by Crippen LogP contribution is -2.47. The fourth-order valence-corrected chi connectivity index (χ4v) is 2.41. The van der Waals surface area contributed by atoms with Crippen LogP contribution < -0.4 is 4.74 Å². The van der Waals surface area contributed by atoms with Crippen LogP contribution in [0.5, 0.6) is 5.75 Å². The summed E-state index contributed by atoms with van der Waals surface area (Å²) in [5, 5.41) is 18.9. The molecule has 1 fully saturated rings. The molecule has 0 saturated heterocycles. The molecule has 1 saturated carbocycles. The summed E-state index contributed by atoms with van der Waals surface area (Å²) >= 11 is 0. The average molecular weight is 250 g/mol. The van der Waals surface area contributed by atoms with Gasteiger partial charge in [0.25, 0.3) is 0 Å². The predicted octanol–water partition coefficient (Wildman–Crippen LogP) is 1.85. The van der Waals surface area contributed by atoms with Crippen molar-refractivity contribution >= 4 is 5.97 Å². The van der Waals surface area contributed by atoms with Crippen molar-refractivity contribution < 1.29 is 19.7 Å². The smallest absolute Gasteiger partial charge is 0.306 e. The molecule has 2 rings (SSSR count). The normalized spacial score (nSPS) is 26.4. The number of benzene rings is 1. The standard InChI is InChI=1S/C14H18O4/c1-18-12-4-2-10(3-5-12)6-7-14(17)8-11(9-14)13(15)16/h2-5,11,17H,6-9H2,1H3,(H,15,16). The fourth-order valence-electron chi connectivity index (χ4n) is 2.41. The Balaban J connectivity index is 1.83. The van der Waals surface area contributed by atoms with Crippen molar-refractivity contribution in [3.8, 4) is 5.75 Å². The highest BCUT2D eigenvalue weighted by Crippen LogP contribution is 2.41. The lowest BCUT2D eigenvalue weighted by molar-refractivity contribution is -0.158. The molecule has 4 nitrogen and oxygen atoms in total. The third kappa shape index (κ3) is 2.82. The maximum Gasteiger partial charge on any atom is 0.306 e. The Morgan fingerprint density at radius 3 is 2.50 bits per heavy atom. The second-order valence-corrected chi connectivity index (χ2v) is 5.02. The summed E-state index contributed by atoms with van der Waals surface area (Å²) in [6.45, 7) is 0. The van der Waals surface area contributed by atoms with E-state index in [1.54, 1.807) is 7.11 Å². The van der Waals surface area contributed by atoms with Gasteiger partial charge in [-0.15, -0.1) is 0 Å². The van der Waals surface area contributed by atoms with Gasteiger partial charge in [0.15, 0.2) is 0 Å². The number of carboxylic acids is 1. The maximum absolute atomic E-state index is 10.7. The van der Waals surface area contributed by atoms with Gasteiger partial charge >= 0.3 is 5.97 Å². The van der Waals surface area contributed by atoms with E-state index in [1.807, 2.05) is 24.3 Å². The molecule has 0 unspecified atom stereocenters. The Bertz CT molecular complexity index is 418. The van der Waals surface area contributed by atoms with E-state index < -0.39 is 11.6 Å². The van der Waals surface area contributed by atoms with Crippen LogP contribution in [0.1, 0.15) is 24.8 Å². The lowest BCUT2D eigenvalue weighted by atomic mass is 9.68. The Hall–Kier alpha value is -1.55. The number of aliphatic carboxylic acids is 1. The third-order valence-electron chi connectivity index (χ3n) is 3.64. The van der Waals surface area contributed by atoms with Gasteiger partial charge in [-0.05, 0) is 43.4 Å². The Morgan fingerprint density at radius 2 is 2.00 bits per heavy atom. The van der Waals surface area contributed by atoms with E-state index in [0.29, 0.717) is 19.3 Å². The van der Waals surface area contributed by atoms with Crippen molar-refractivity contribution in [2.75, 3.05) is 7.11 Å². The average Bonchev–Trinajstić information content (AvgIpc) is 2.33. The second kappa shape index (κ2) is 4.98. The molecule has 0 aromatic heterocycles. The number of hydrogen-bond donors (Lipinski definition) is 2. The van der Waals surface area contributed by atoms with Gasteiger partial charge in [0.1, 0.15) is 5.75 Å². The monoisotopic (exact) mass is 250 g/mol. The SMILES string of the molecule is COc1ccc(CCC2(O)CC(C(=O)O)C2)cc1. The van der Waals surface area contributed by atoms with E-state index in [9.17, 15) is 9.90 Å². The zero-order chi connectivity index (χ0) is 13.2. The van der Waals surface area contributed by atoms with Gasteiger partial charge in [-0.1, -0.05) is 12.1 Å². The largest absolute Gasteiger partial charge is 0.497 e. The molecule has 98 valence electrons. The Morgan fingerprint density at radius 1 is 1.39 bits per heavy atom. The van der Waals surface area contributed by atoms with Crippen LogP contribution in [0, 0.1) is 5.92 Å². The molecule has 1 aromatic carbocycles. The minimum Gasteiger partial charge on any atom is -0.497 e. The molecule has 4 heteroatoms. The van der Waals surface area contributed by atoms with Gasteiger partial charge in [-0.2, -0.15) is 0 Å². The minimum absolute atomic E-state index is 0.370. The van der Waals surface area contributed by atoms with Crippen LogP contribution >= 0.6 is 0 Å². The summed E-state index contributed by atoms with van der Waals surface area (Å²) in [5.74, 6) is -0.359. The zero-order valence-electron chi connectivity index (χ0n) is 10.4. The minimum atomic E-state index is -0.802. The molecule has 0 bridgehead atoms. The lowest BCUT2D eigenvalue weighted by Gasteiger charge is -2.41. The number of ether oxygens (including phenoxy) is 1. The van der Waals surface area contributed by atoms with Crippen molar-refractivity contribution in [2.45, 2.75) is 31.3 Å². The first-order valence-corrected chi connectivity index (χ1v) is 6.10. The summed E-state index contributed by atoms with van der Waals surface area (Å²) < 4.78 is 5.07.